The predicted octanol–water partition coefficient (Wildman–Crippen LogP) is 2.68. The van der Waals surface area contributed by atoms with E-state index in [1.54, 1.807) is 4.57 Å². The molecule has 0 saturated heterocycles. The largest absolute Gasteiger partial charge is 0.478 e. The zero-order valence-corrected chi connectivity index (χ0v) is 12.1. The summed E-state index contributed by atoms with van der Waals surface area (Å²) in [5.41, 5.74) is 1.64. The lowest BCUT2D eigenvalue weighted by Crippen LogP contribution is -2.02. The highest BCUT2D eigenvalue weighted by Gasteiger charge is 2.17. The number of aromatic nitrogens is 2. The lowest BCUT2D eigenvalue weighted by atomic mass is 10.1. The molecule has 2 N–H and O–H groups in total. The number of nitrogens with zero attached hydrogens (tertiary/aromatic N) is 2. The Balaban J connectivity index is 2.00. The SMILES string of the molecule is O=C(O)c1cnc2c(c1)c(C(=O)O)cn2CCc1ccccc1. The van der Waals surface area contributed by atoms with Gasteiger partial charge >= 0.3 is 11.9 Å². The van der Waals surface area contributed by atoms with Crippen LogP contribution in [0.25, 0.3) is 11.0 Å². The maximum atomic E-state index is 11.4. The summed E-state index contributed by atoms with van der Waals surface area (Å²) in [6.45, 7) is 0.563. The molecule has 0 saturated carbocycles. The maximum Gasteiger partial charge on any atom is 0.337 e. The molecular formula is C17H14N2O4. The number of fused-ring (bicyclic) bond motifs is 1. The van der Waals surface area contributed by atoms with E-state index in [0.717, 1.165) is 12.0 Å². The zero-order valence-electron chi connectivity index (χ0n) is 12.1. The third kappa shape index (κ3) is 2.91. The van der Waals surface area contributed by atoms with Crippen molar-refractivity contribution in [3.8, 4) is 0 Å². The van der Waals surface area contributed by atoms with Gasteiger partial charge in [-0.25, -0.2) is 14.6 Å². The van der Waals surface area contributed by atoms with Gasteiger partial charge in [0.05, 0.1) is 11.1 Å². The highest BCUT2D eigenvalue weighted by Crippen LogP contribution is 2.21. The van der Waals surface area contributed by atoms with Crippen LogP contribution in [0.5, 0.6) is 0 Å². The Bertz CT molecular complexity index is 884. The first-order chi connectivity index (χ1) is 11.1. The van der Waals surface area contributed by atoms with E-state index in [0.29, 0.717) is 17.6 Å². The van der Waals surface area contributed by atoms with Crippen LogP contribution in [0.2, 0.25) is 0 Å². The molecule has 0 fully saturated rings. The van der Waals surface area contributed by atoms with Gasteiger partial charge in [-0.3, -0.25) is 0 Å². The third-order valence-corrected chi connectivity index (χ3v) is 3.68. The van der Waals surface area contributed by atoms with Gasteiger partial charge in [-0.1, -0.05) is 30.3 Å². The predicted molar refractivity (Wildman–Crippen MR) is 83.8 cm³/mol. The molecule has 2 aromatic heterocycles. The van der Waals surface area contributed by atoms with E-state index in [-0.39, 0.29) is 11.1 Å². The summed E-state index contributed by atoms with van der Waals surface area (Å²) in [6.07, 6.45) is 3.48. The molecule has 0 aliphatic heterocycles. The summed E-state index contributed by atoms with van der Waals surface area (Å²) >= 11 is 0. The van der Waals surface area contributed by atoms with Gasteiger partial charge in [0.1, 0.15) is 5.65 Å². The molecule has 1 aromatic carbocycles. The van der Waals surface area contributed by atoms with Gasteiger partial charge < -0.3 is 14.8 Å². The number of hydrogen-bond acceptors (Lipinski definition) is 3. The second kappa shape index (κ2) is 5.92. The molecule has 0 amide bonds. The first-order valence-electron chi connectivity index (χ1n) is 7.05. The molecule has 6 nitrogen and oxygen atoms in total. The highest BCUT2D eigenvalue weighted by atomic mass is 16.4. The summed E-state index contributed by atoms with van der Waals surface area (Å²) in [5, 5.41) is 18.7. The van der Waals surface area contributed by atoms with Crippen LogP contribution in [0.4, 0.5) is 0 Å². The van der Waals surface area contributed by atoms with Gasteiger partial charge in [0.25, 0.3) is 0 Å². The van der Waals surface area contributed by atoms with Crippen molar-refractivity contribution in [2.75, 3.05) is 0 Å². The van der Waals surface area contributed by atoms with Crippen LogP contribution in [0.3, 0.4) is 0 Å². The van der Waals surface area contributed by atoms with E-state index in [1.165, 1.54) is 18.5 Å². The van der Waals surface area contributed by atoms with Crippen molar-refractivity contribution >= 4 is 23.0 Å². The number of carboxylic acids is 2. The van der Waals surface area contributed by atoms with Crippen LogP contribution >= 0.6 is 0 Å². The smallest absolute Gasteiger partial charge is 0.337 e. The first kappa shape index (κ1) is 14.8. The first-order valence-corrected chi connectivity index (χ1v) is 7.05. The van der Waals surface area contributed by atoms with Crippen molar-refractivity contribution in [1.82, 2.24) is 9.55 Å². The fourth-order valence-electron chi connectivity index (χ4n) is 2.52. The van der Waals surface area contributed by atoms with E-state index < -0.39 is 11.9 Å². The van der Waals surface area contributed by atoms with Crippen molar-refractivity contribution in [1.29, 1.82) is 0 Å². The maximum absolute atomic E-state index is 11.4. The average Bonchev–Trinajstić information content (AvgIpc) is 2.92. The molecule has 0 spiro atoms. The fourth-order valence-corrected chi connectivity index (χ4v) is 2.52. The Kier molecular flexibility index (Phi) is 3.80. The molecule has 23 heavy (non-hydrogen) atoms. The fraction of sp³-hybridized carbons (Fsp3) is 0.118. The number of carbonyl (C=O) groups is 2. The number of hydrogen-bond donors (Lipinski definition) is 2. The Labute approximate surface area is 131 Å². The molecule has 0 aliphatic rings. The quantitative estimate of drug-likeness (QED) is 0.756. The van der Waals surface area contributed by atoms with Gasteiger partial charge in [0, 0.05) is 24.3 Å². The van der Waals surface area contributed by atoms with Crippen molar-refractivity contribution < 1.29 is 19.8 Å². The van der Waals surface area contributed by atoms with Crippen molar-refractivity contribution in [2.24, 2.45) is 0 Å². The molecule has 3 rings (SSSR count). The standard InChI is InChI=1S/C17H14N2O4/c20-16(21)12-8-13-14(17(22)23)10-19(15(13)18-9-12)7-6-11-4-2-1-3-5-11/h1-5,8-10H,6-7H2,(H,20,21)(H,22,23). The van der Waals surface area contributed by atoms with E-state index in [9.17, 15) is 14.7 Å². The monoisotopic (exact) mass is 310 g/mol. The molecule has 0 atom stereocenters. The molecule has 116 valence electrons. The second-order valence-electron chi connectivity index (χ2n) is 5.18. The van der Waals surface area contributed by atoms with Gasteiger partial charge in [-0.2, -0.15) is 0 Å². The highest BCUT2D eigenvalue weighted by molar-refractivity contribution is 6.04. The summed E-state index contributed by atoms with van der Waals surface area (Å²) in [7, 11) is 0. The van der Waals surface area contributed by atoms with Crippen LogP contribution in [-0.2, 0) is 13.0 Å². The van der Waals surface area contributed by atoms with Crippen LogP contribution in [-0.4, -0.2) is 31.7 Å². The van der Waals surface area contributed by atoms with Crippen LogP contribution in [0.1, 0.15) is 26.3 Å². The lowest BCUT2D eigenvalue weighted by molar-refractivity contribution is 0.0685. The van der Waals surface area contributed by atoms with Crippen LogP contribution in [0, 0.1) is 0 Å². The van der Waals surface area contributed by atoms with Gasteiger partial charge in [0.15, 0.2) is 0 Å². The van der Waals surface area contributed by atoms with Crippen molar-refractivity contribution in [3.63, 3.8) is 0 Å². The minimum atomic E-state index is -1.13. The van der Waals surface area contributed by atoms with Crippen LogP contribution < -0.4 is 0 Å². The molecule has 3 aromatic rings. The summed E-state index contributed by atoms with van der Waals surface area (Å²) in [6, 6.07) is 11.2. The molecule has 0 aliphatic carbocycles. The number of benzene rings is 1. The Morgan fingerprint density at radius 1 is 1.09 bits per heavy atom. The molecule has 6 heteroatoms. The Morgan fingerprint density at radius 3 is 2.48 bits per heavy atom. The summed E-state index contributed by atoms with van der Waals surface area (Å²) in [4.78, 5) is 26.6. The molecule has 0 bridgehead atoms. The normalized spacial score (nSPS) is 10.8. The minimum Gasteiger partial charge on any atom is -0.478 e. The number of aromatic carboxylic acids is 2. The number of pyridine rings is 1. The minimum absolute atomic E-state index is 0.0270. The van der Waals surface area contributed by atoms with E-state index in [4.69, 9.17) is 5.11 Å². The van der Waals surface area contributed by atoms with Crippen molar-refractivity contribution in [2.45, 2.75) is 13.0 Å². The van der Waals surface area contributed by atoms with Crippen molar-refractivity contribution in [3.05, 3.63) is 65.5 Å². The molecule has 0 unspecified atom stereocenters. The number of aryl methyl sites for hydroxylation is 2. The molecule has 0 radical (unpaired) electrons. The van der Waals surface area contributed by atoms with Crippen LogP contribution in [0.15, 0.2) is 48.8 Å². The second-order valence-corrected chi connectivity index (χ2v) is 5.18. The van der Waals surface area contributed by atoms with Gasteiger partial charge in [-0.15, -0.1) is 0 Å². The zero-order chi connectivity index (χ0) is 16.4. The molecule has 2 heterocycles. The van der Waals surface area contributed by atoms with E-state index in [2.05, 4.69) is 4.98 Å². The lowest BCUT2D eigenvalue weighted by Gasteiger charge is -2.05. The van der Waals surface area contributed by atoms with E-state index >= 15 is 0 Å². The summed E-state index contributed by atoms with van der Waals surface area (Å²) < 4.78 is 1.75. The Hall–Kier alpha value is -3.15. The summed E-state index contributed by atoms with van der Waals surface area (Å²) in [5.74, 6) is -2.23. The van der Waals surface area contributed by atoms with Gasteiger partial charge in [-0.05, 0) is 18.1 Å². The van der Waals surface area contributed by atoms with E-state index in [1.807, 2.05) is 30.3 Å². The average molecular weight is 310 g/mol. The Morgan fingerprint density at radius 2 is 1.83 bits per heavy atom. The molecular weight excluding hydrogens is 296 g/mol. The number of carboxylic acid groups (broad SMARTS) is 2. The number of rotatable bonds is 5. The topological polar surface area (TPSA) is 92.4 Å². The van der Waals surface area contributed by atoms with Gasteiger partial charge in [0.2, 0.25) is 0 Å². The third-order valence-electron chi connectivity index (χ3n) is 3.68.